The molecule has 0 fully saturated rings. The summed E-state index contributed by atoms with van der Waals surface area (Å²) < 4.78 is 7.46. The van der Waals surface area contributed by atoms with Crippen LogP contribution in [0.15, 0.2) is 35.2 Å². The van der Waals surface area contributed by atoms with Crippen molar-refractivity contribution in [1.82, 2.24) is 14.9 Å². The second kappa shape index (κ2) is 6.04. The SMILES string of the molecule is CC(C)C(CO)NC(c1ccco1)c1nccn1C. The fourth-order valence-corrected chi connectivity index (χ4v) is 2.06. The van der Waals surface area contributed by atoms with Crippen molar-refractivity contribution in [1.29, 1.82) is 0 Å². The zero-order chi connectivity index (χ0) is 13.8. The zero-order valence-electron chi connectivity index (χ0n) is 11.6. The normalized spacial score (nSPS) is 14.8. The molecule has 0 aliphatic carbocycles. The highest BCUT2D eigenvalue weighted by Gasteiger charge is 2.25. The van der Waals surface area contributed by atoms with E-state index in [0.717, 1.165) is 11.6 Å². The quantitative estimate of drug-likeness (QED) is 0.833. The van der Waals surface area contributed by atoms with Gasteiger partial charge in [0.25, 0.3) is 0 Å². The molecule has 5 heteroatoms. The fourth-order valence-electron chi connectivity index (χ4n) is 2.06. The van der Waals surface area contributed by atoms with Gasteiger partial charge in [0.1, 0.15) is 17.6 Å². The molecular weight excluding hydrogens is 242 g/mol. The van der Waals surface area contributed by atoms with Gasteiger partial charge in [0.05, 0.1) is 12.9 Å². The molecule has 0 aromatic carbocycles. The third-order valence-corrected chi connectivity index (χ3v) is 3.33. The van der Waals surface area contributed by atoms with Crippen LogP contribution in [0.4, 0.5) is 0 Å². The molecule has 19 heavy (non-hydrogen) atoms. The van der Waals surface area contributed by atoms with Gasteiger partial charge in [0.15, 0.2) is 0 Å². The molecule has 0 spiro atoms. The largest absolute Gasteiger partial charge is 0.467 e. The smallest absolute Gasteiger partial charge is 0.133 e. The first-order chi connectivity index (χ1) is 9.13. The first-order valence-corrected chi connectivity index (χ1v) is 6.51. The van der Waals surface area contributed by atoms with Gasteiger partial charge >= 0.3 is 0 Å². The molecule has 2 aromatic rings. The molecule has 0 saturated carbocycles. The topological polar surface area (TPSA) is 63.2 Å². The standard InChI is InChI=1S/C14H21N3O2/c1-10(2)11(9-18)16-13(12-5-4-8-19-12)14-15-6-7-17(14)3/h4-8,10-11,13,16,18H,9H2,1-3H3. The molecule has 0 radical (unpaired) electrons. The molecule has 2 unspecified atom stereocenters. The molecule has 2 aromatic heterocycles. The first kappa shape index (κ1) is 13.8. The van der Waals surface area contributed by atoms with E-state index in [1.807, 2.05) is 29.9 Å². The molecule has 0 amide bonds. The van der Waals surface area contributed by atoms with Crippen molar-refractivity contribution < 1.29 is 9.52 Å². The Labute approximate surface area is 113 Å². The Balaban J connectivity index is 2.28. The minimum atomic E-state index is -0.158. The summed E-state index contributed by atoms with van der Waals surface area (Å²) in [7, 11) is 1.95. The average molecular weight is 263 g/mol. The van der Waals surface area contributed by atoms with Crippen molar-refractivity contribution in [3.63, 3.8) is 0 Å². The van der Waals surface area contributed by atoms with Crippen LogP contribution in [-0.2, 0) is 7.05 Å². The number of rotatable bonds is 6. The number of nitrogens with one attached hydrogen (secondary N) is 1. The Bertz CT molecular complexity index is 491. The minimum Gasteiger partial charge on any atom is -0.467 e. The van der Waals surface area contributed by atoms with Gasteiger partial charge in [-0.3, -0.25) is 5.32 Å². The van der Waals surface area contributed by atoms with E-state index in [1.54, 1.807) is 12.5 Å². The summed E-state index contributed by atoms with van der Waals surface area (Å²) in [6.07, 6.45) is 5.31. The van der Waals surface area contributed by atoms with Crippen LogP contribution in [0.3, 0.4) is 0 Å². The number of nitrogens with zero attached hydrogens (tertiary/aromatic N) is 2. The van der Waals surface area contributed by atoms with Crippen LogP contribution in [0.2, 0.25) is 0 Å². The van der Waals surface area contributed by atoms with Gasteiger partial charge in [-0.15, -0.1) is 0 Å². The number of hydrogen-bond acceptors (Lipinski definition) is 4. The Morgan fingerprint density at radius 2 is 2.26 bits per heavy atom. The zero-order valence-corrected chi connectivity index (χ0v) is 11.6. The van der Waals surface area contributed by atoms with E-state index >= 15 is 0 Å². The van der Waals surface area contributed by atoms with Gasteiger partial charge in [0.2, 0.25) is 0 Å². The second-order valence-corrected chi connectivity index (χ2v) is 5.04. The van der Waals surface area contributed by atoms with Crippen molar-refractivity contribution in [3.05, 3.63) is 42.4 Å². The Hall–Kier alpha value is -1.59. The summed E-state index contributed by atoms with van der Waals surface area (Å²) >= 11 is 0. The highest BCUT2D eigenvalue weighted by Crippen LogP contribution is 2.22. The number of aliphatic hydroxyl groups is 1. The maximum absolute atomic E-state index is 9.49. The van der Waals surface area contributed by atoms with E-state index in [4.69, 9.17) is 4.42 Å². The lowest BCUT2D eigenvalue weighted by Crippen LogP contribution is -2.40. The molecule has 104 valence electrons. The molecule has 0 aliphatic heterocycles. The molecule has 2 heterocycles. The van der Waals surface area contributed by atoms with Crippen LogP contribution in [0.25, 0.3) is 0 Å². The van der Waals surface area contributed by atoms with Gasteiger partial charge in [-0.25, -0.2) is 4.98 Å². The summed E-state index contributed by atoms with van der Waals surface area (Å²) in [5.41, 5.74) is 0. The van der Waals surface area contributed by atoms with Crippen LogP contribution in [0, 0.1) is 5.92 Å². The Morgan fingerprint density at radius 1 is 1.47 bits per heavy atom. The number of furan rings is 1. The lowest BCUT2D eigenvalue weighted by atomic mass is 10.0. The third kappa shape index (κ3) is 3.05. The predicted octanol–water partition coefficient (Wildman–Crippen LogP) is 1.71. The highest BCUT2D eigenvalue weighted by molar-refractivity contribution is 5.16. The first-order valence-electron chi connectivity index (χ1n) is 6.51. The summed E-state index contributed by atoms with van der Waals surface area (Å²) in [4.78, 5) is 4.38. The lowest BCUT2D eigenvalue weighted by Gasteiger charge is -2.25. The summed E-state index contributed by atoms with van der Waals surface area (Å²) in [5, 5.41) is 12.9. The molecular formula is C14H21N3O2. The van der Waals surface area contributed by atoms with E-state index in [1.165, 1.54) is 0 Å². The minimum absolute atomic E-state index is 0.00759. The van der Waals surface area contributed by atoms with Gasteiger partial charge in [-0.1, -0.05) is 13.8 Å². The van der Waals surface area contributed by atoms with Gasteiger partial charge in [-0.05, 0) is 18.1 Å². The van der Waals surface area contributed by atoms with Crippen LogP contribution in [-0.4, -0.2) is 27.3 Å². The lowest BCUT2D eigenvalue weighted by molar-refractivity contribution is 0.198. The molecule has 0 saturated heterocycles. The second-order valence-electron chi connectivity index (χ2n) is 5.04. The van der Waals surface area contributed by atoms with Gasteiger partial charge < -0.3 is 14.1 Å². The number of imidazole rings is 1. The van der Waals surface area contributed by atoms with E-state index in [9.17, 15) is 5.11 Å². The third-order valence-electron chi connectivity index (χ3n) is 3.33. The van der Waals surface area contributed by atoms with Crippen molar-refractivity contribution in [2.45, 2.75) is 25.9 Å². The van der Waals surface area contributed by atoms with E-state index < -0.39 is 0 Å². The van der Waals surface area contributed by atoms with Crippen LogP contribution >= 0.6 is 0 Å². The Kier molecular flexibility index (Phi) is 4.39. The number of aryl methyl sites for hydroxylation is 1. The van der Waals surface area contributed by atoms with Crippen LogP contribution in [0.5, 0.6) is 0 Å². The van der Waals surface area contributed by atoms with Crippen molar-refractivity contribution in [2.24, 2.45) is 13.0 Å². The summed E-state index contributed by atoms with van der Waals surface area (Å²) in [6, 6.07) is 3.61. The number of hydrogen-bond donors (Lipinski definition) is 2. The van der Waals surface area contributed by atoms with Gasteiger partial charge in [-0.2, -0.15) is 0 Å². The fraction of sp³-hybridized carbons (Fsp3) is 0.500. The van der Waals surface area contributed by atoms with E-state index in [-0.39, 0.29) is 18.7 Å². The molecule has 0 aliphatic rings. The Morgan fingerprint density at radius 3 is 2.74 bits per heavy atom. The molecule has 2 atom stereocenters. The van der Waals surface area contributed by atoms with E-state index in [2.05, 4.69) is 24.1 Å². The number of aromatic nitrogens is 2. The molecule has 2 N–H and O–H groups in total. The average Bonchev–Trinajstić information content (AvgIpc) is 3.02. The van der Waals surface area contributed by atoms with E-state index in [0.29, 0.717) is 5.92 Å². The predicted molar refractivity (Wildman–Crippen MR) is 72.6 cm³/mol. The van der Waals surface area contributed by atoms with Crippen LogP contribution in [0.1, 0.15) is 31.5 Å². The van der Waals surface area contributed by atoms with Crippen molar-refractivity contribution in [3.8, 4) is 0 Å². The maximum atomic E-state index is 9.49. The molecule has 2 rings (SSSR count). The van der Waals surface area contributed by atoms with Crippen LogP contribution < -0.4 is 5.32 Å². The van der Waals surface area contributed by atoms with Crippen molar-refractivity contribution >= 4 is 0 Å². The van der Waals surface area contributed by atoms with Crippen molar-refractivity contribution in [2.75, 3.05) is 6.61 Å². The maximum Gasteiger partial charge on any atom is 0.133 e. The highest BCUT2D eigenvalue weighted by atomic mass is 16.3. The summed E-state index contributed by atoms with van der Waals surface area (Å²) in [5.74, 6) is 1.99. The van der Waals surface area contributed by atoms with Gasteiger partial charge in [0, 0.05) is 25.5 Å². The molecule has 5 nitrogen and oxygen atoms in total. The number of aliphatic hydroxyl groups excluding tert-OH is 1. The molecule has 0 bridgehead atoms. The monoisotopic (exact) mass is 263 g/mol. The summed E-state index contributed by atoms with van der Waals surface area (Å²) in [6.45, 7) is 4.23.